The van der Waals surface area contributed by atoms with Gasteiger partial charge in [-0.25, -0.2) is 4.98 Å². The van der Waals surface area contributed by atoms with Crippen LogP contribution in [0.25, 0.3) is 10.2 Å². The highest BCUT2D eigenvalue weighted by Crippen LogP contribution is 2.33. The predicted molar refractivity (Wildman–Crippen MR) is 128 cm³/mol. The molecular formula is C25H31N3O2S. The molecule has 5 nitrogen and oxygen atoms in total. The number of amides is 1. The van der Waals surface area contributed by atoms with Gasteiger partial charge in [0.25, 0.3) is 0 Å². The number of anilines is 1. The lowest BCUT2D eigenvalue weighted by molar-refractivity contribution is -0.126. The maximum Gasteiger partial charge on any atom is 0.225 e. The largest absolute Gasteiger partial charge is 0.494 e. The first kappa shape index (κ1) is 21.6. The molecule has 0 radical (unpaired) electrons. The SMILES string of the molecule is CCOc1ccc2nc(N3CCC[C@@H](C(=O)N[C@@H](CC)Cc4ccccc4)C3)sc2c1. The van der Waals surface area contributed by atoms with Gasteiger partial charge in [0.1, 0.15) is 5.75 Å². The van der Waals surface area contributed by atoms with Gasteiger partial charge < -0.3 is 15.0 Å². The Kier molecular flexibility index (Phi) is 7.07. The van der Waals surface area contributed by atoms with E-state index in [9.17, 15) is 4.79 Å². The molecule has 1 saturated heterocycles. The summed E-state index contributed by atoms with van der Waals surface area (Å²) in [6.07, 6.45) is 3.74. The van der Waals surface area contributed by atoms with Crippen LogP contribution in [0, 0.1) is 5.92 Å². The van der Waals surface area contributed by atoms with Gasteiger partial charge >= 0.3 is 0 Å². The molecule has 0 aliphatic carbocycles. The highest BCUT2D eigenvalue weighted by molar-refractivity contribution is 7.22. The van der Waals surface area contributed by atoms with E-state index in [0.717, 1.165) is 59.9 Å². The monoisotopic (exact) mass is 437 g/mol. The quantitative estimate of drug-likeness (QED) is 0.536. The minimum atomic E-state index is 0.00423. The van der Waals surface area contributed by atoms with Gasteiger partial charge in [-0.3, -0.25) is 4.79 Å². The topological polar surface area (TPSA) is 54.5 Å². The fraction of sp³-hybridized carbons (Fsp3) is 0.440. The van der Waals surface area contributed by atoms with Crippen molar-refractivity contribution in [2.45, 2.75) is 45.6 Å². The molecule has 164 valence electrons. The number of thiazole rings is 1. The van der Waals surface area contributed by atoms with Crippen LogP contribution in [0.5, 0.6) is 5.75 Å². The van der Waals surface area contributed by atoms with E-state index in [-0.39, 0.29) is 17.9 Å². The summed E-state index contributed by atoms with van der Waals surface area (Å²) in [5, 5.41) is 4.30. The number of carbonyl (C=O) groups is 1. The Morgan fingerprint density at radius 3 is 2.87 bits per heavy atom. The molecule has 1 fully saturated rings. The second-order valence-corrected chi connectivity index (χ2v) is 9.16. The van der Waals surface area contributed by atoms with Gasteiger partial charge in [-0.15, -0.1) is 0 Å². The van der Waals surface area contributed by atoms with Gasteiger partial charge in [0, 0.05) is 19.1 Å². The van der Waals surface area contributed by atoms with Crippen molar-refractivity contribution in [3.8, 4) is 5.75 Å². The summed E-state index contributed by atoms with van der Waals surface area (Å²) >= 11 is 1.68. The summed E-state index contributed by atoms with van der Waals surface area (Å²) in [7, 11) is 0. The summed E-state index contributed by atoms with van der Waals surface area (Å²) in [5.74, 6) is 1.06. The van der Waals surface area contributed by atoms with Crippen molar-refractivity contribution in [3.05, 3.63) is 54.1 Å². The minimum absolute atomic E-state index is 0.00423. The maximum absolute atomic E-state index is 13.1. The summed E-state index contributed by atoms with van der Waals surface area (Å²) < 4.78 is 6.75. The van der Waals surface area contributed by atoms with Crippen molar-refractivity contribution in [1.82, 2.24) is 10.3 Å². The first-order valence-corrected chi connectivity index (χ1v) is 12.1. The zero-order valence-corrected chi connectivity index (χ0v) is 19.2. The van der Waals surface area contributed by atoms with E-state index < -0.39 is 0 Å². The number of benzene rings is 2. The van der Waals surface area contributed by atoms with Gasteiger partial charge in [-0.05, 0) is 56.4 Å². The zero-order chi connectivity index (χ0) is 21.6. The van der Waals surface area contributed by atoms with E-state index in [1.807, 2.05) is 25.1 Å². The zero-order valence-electron chi connectivity index (χ0n) is 18.3. The van der Waals surface area contributed by atoms with Crippen LogP contribution in [0.4, 0.5) is 5.13 Å². The second kappa shape index (κ2) is 10.1. The number of carbonyl (C=O) groups excluding carboxylic acids is 1. The van der Waals surface area contributed by atoms with Crippen LogP contribution in [-0.4, -0.2) is 36.6 Å². The van der Waals surface area contributed by atoms with Crippen molar-refractivity contribution in [1.29, 1.82) is 0 Å². The average Bonchev–Trinajstić information content (AvgIpc) is 3.23. The predicted octanol–water partition coefficient (Wildman–Crippen LogP) is 5.05. The molecule has 4 rings (SSSR count). The van der Waals surface area contributed by atoms with Gasteiger partial charge in [0.15, 0.2) is 5.13 Å². The van der Waals surface area contributed by atoms with Crippen molar-refractivity contribution in [2.75, 3.05) is 24.6 Å². The lowest BCUT2D eigenvalue weighted by atomic mass is 9.96. The van der Waals surface area contributed by atoms with Crippen molar-refractivity contribution < 1.29 is 9.53 Å². The minimum Gasteiger partial charge on any atom is -0.494 e. The molecule has 2 atom stereocenters. The molecular weight excluding hydrogens is 406 g/mol. The maximum atomic E-state index is 13.1. The van der Waals surface area contributed by atoms with Gasteiger partial charge in [0.2, 0.25) is 5.91 Å². The molecule has 1 aliphatic rings. The molecule has 2 heterocycles. The highest BCUT2D eigenvalue weighted by Gasteiger charge is 2.28. The molecule has 6 heteroatoms. The smallest absolute Gasteiger partial charge is 0.225 e. The molecule has 1 amide bonds. The van der Waals surface area contributed by atoms with E-state index in [0.29, 0.717) is 6.61 Å². The highest BCUT2D eigenvalue weighted by atomic mass is 32.1. The van der Waals surface area contributed by atoms with Gasteiger partial charge in [-0.1, -0.05) is 48.6 Å². The molecule has 0 unspecified atom stereocenters. The molecule has 3 aromatic rings. The number of ether oxygens (including phenoxy) is 1. The number of nitrogens with one attached hydrogen (secondary N) is 1. The molecule has 0 bridgehead atoms. The van der Waals surface area contributed by atoms with Crippen molar-refractivity contribution >= 4 is 32.6 Å². The lowest BCUT2D eigenvalue weighted by Gasteiger charge is -2.32. The number of fused-ring (bicyclic) bond motifs is 1. The molecule has 0 saturated carbocycles. The third-order valence-electron chi connectivity index (χ3n) is 5.89. The Morgan fingerprint density at radius 1 is 1.26 bits per heavy atom. The van der Waals surface area contributed by atoms with Gasteiger partial charge in [-0.2, -0.15) is 0 Å². The van der Waals surface area contributed by atoms with E-state index >= 15 is 0 Å². The normalized spacial score (nSPS) is 17.5. The number of nitrogens with zero attached hydrogens (tertiary/aromatic N) is 2. The lowest BCUT2D eigenvalue weighted by Crippen LogP contribution is -2.46. The van der Waals surface area contributed by atoms with Crippen LogP contribution in [0.3, 0.4) is 0 Å². The number of piperidine rings is 1. The molecule has 31 heavy (non-hydrogen) atoms. The third-order valence-corrected chi connectivity index (χ3v) is 6.97. The van der Waals surface area contributed by atoms with E-state index in [1.165, 1.54) is 5.56 Å². The van der Waals surface area contributed by atoms with E-state index in [4.69, 9.17) is 9.72 Å². The van der Waals surface area contributed by atoms with Crippen LogP contribution in [0.1, 0.15) is 38.7 Å². The number of hydrogen-bond acceptors (Lipinski definition) is 5. The first-order chi connectivity index (χ1) is 15.2. The Morgan fingerprint density at radius 2 is 2.10 bits per heavy atom. The number of rotatable bonds is 8. The van der Waals surface area contributed by atoms with Gasteiger partial charge in [0.05, 0.1) is 22.7 Å². The van der Waals surface area contributed by atoms with E-state index in [2.05, 4.69) is 47.5 Å². The van der Waals surface area contributed by atoms with Crippen LogP contribution in [-0.2, 0) is 11.2 Å². The molecule has 2 aromatic carbocycles. The molecule has 1 aliphatic heterocycles. The fourth-order valence-electron chi connectivity index (χ4n) is 4.16. The van der Waals surface area contributed by atoms with E-state index in [1.54, 1.807) is 11.3 Å². The number of aromatic nitrogens is 1. The molecule has 0 spiro atoms. The van der Waals surface area contributed by atoms with Crippen LogP contribution >= 0.6 is 11.3 Å². The van der Waals surface area contributed by atoms with Crippen LogP contribution in [0.2, 0.25) is 0 Å². The summed E-state index contributed by atoms with van der Waals surface area (Å²) in [5.41, 5.74) is 2.25. The fourth-order valence-corrected chi connectivity index (χ4v) is 5.19. The number of hydrogen-bond donors (Lipinski definition) is 1. The molecule has 1 N–H and O–H groups in total. The van der Waals surface area contributed by atoms with Crippen LogP contribution in [0.15, 0.2) is 48.5 Å². The first-order valence-electron chi connectivity index (χ1n) is 11.3. The van der Waals surface area contributed by atoms with Crippen LogP contribution < -0.4 is 15.0 Å². The Hall–Kier alpha value is -2.60. The van der Waals surface area contributed by atoms with Crippen molar-refractivity contribution in [2.24, 2.45) is 5.92 Å². The summed E-state index contributed by atoms with van der Waals surface area (Å²) in [6.45, 7) is 6.46. The van der Waals surface area contributed by atoms with Crippen molar-refractivity contribution in [3.63, 3.8) is 0 Å². The third kappa shape index (κ3) is 5.37. The average molecular weight is 438 g/mol. The second-order valence-electron chi connectivity index (χ2n) is 8.15. The molecule has 1 aromatic heterocycles. The Bertz CT molecular complexity index is 1000. The Labute approximate surface area is 188 Å². The Balaban J connectivity index is 1.40. The standard InChI is InChI=1S/C25H31N3O2S/c1-3-20(15-18-9-6-5-7-10-18)26-24(29)19-11-8-14-28(17-19)25-27-22-13-12-21(30-4-2)16-23(22)31-25/h5-7,9-10,12-13,16,19-20H,3-4,8,11,14-15,17H2,1-2H3,(H,26,29)/t19-,20+/m1/s1. The summed E-state index contributed by atoms with van der Waals surface area (Å²) in [4.78, 5) is 20.1. The summed E-state index contributed by atoms with van der Waals surface area (Å²) in [6, 6.07) is 16.6.